The number of halogens is 1. The summed E-state index contributed by atoms with van der Waals surface area (Å²) in [6.45, 7) is 1.03. The summed E-state index contributed by atoms with van der Waals surface area (Å²) in [4.78, 5) is 12.3. The van der Waals surface area contributed by atoms with Crippen LogP contribution in [-0.4, -0.2) is 31.4 Å². The Morgan fingerprint density at radius 2 is 1.93 bits per heavy atom. The van der Waals surface area contributed by atoms with E-state index >= 15 is 0 Å². The van der Waals surface area contributed by atoms with Gasteiger partial charge in [-0.3, -0.25) is 0 Å². The smallest absolute Gasteiger partial charge is 0.339 e. The standard InChI is InChI=1S/C20H16BrNO6/c1-24-14-3-4-16(21)15(10-14)20(23)27-11-13-9-18(28-22-13)12-2-5-17-19(8-12)26-7-6-25-17/h2-5,8-10H,6-7,11H2,1H3. The van der Waals surface area contributed by atoms with Crippen molar-refractivity contribution < 1.29 is 28.3 Å². The van der Waals surface area contributed by atoms with Gasteiger partial charge in [0.1, 0.15) is 31.3 Å². The van der Waals surface area contributed by atoms with Crippen molar-refractivity contribution in [2.24, 2.45) is 0 Å². The highest BCUT2D eigenvalue weighted by Gasteiger charge is 2.17. The predicted octanol–water partition coefficient (Wildman–Crippen LogP) is 4.24. The summed E-state index contributed by atoms with van der Waals surface area (Å²) in [5.74, 6) is 1.99. The summed E-state index contributed by atoms with van der Waals surface area (Å²) in [5.41, 5.74) is 1.66. The molecule has 0 radical (unpaired) electrons. The molecule has 2 aromatic carbocycles. The van der Waals surface area contributed by atoms with Gasteiger partial charge in [0.15, 0.2) is 17.3 Å². The van der Waals surface area contributed by atoms with Crippen LogP contribution >= 0.6 is 15.9 Å². The van der Waals surface area contributed by atoms with E-state index in [0.29, 0.717) is 52.0 Å². The van der Waals surface area contributed by atoms with Crippen LogP contribution < -0.4 is 14.2 Å². The van der Waals surface area contributed by atoms with E-state index in [4.69, 9.17) is 23.5 Å². The number of rotatable bonds is 5. The van der Waals surface area contributed by atoms with Gasteiger partial charge in [0.2, 0.25) is 0 Å². The van der Waals surface area contributed by atoms with Crippen molar-refractivity contribution in [3.63, 3.8) is 0 Å². The molecule has 8 heteroatoms. The van der Waals surface area contributed by atoms with E-state index in [1.165, 1.54) is 7.11 Å². The van der Waals surface area contributed by atoms with Gasteiger partial charge < -0.3 is 23.5 Å². The molecule has 28 heavy (non-hydrogen) atoms. The number of carbonyl (C=O) groups is 1. The van der Waals surface area contributed by atoms with Crippen LogP contribution in [0.25, 0.3) is 11.3 Å². The molecule has 7 nitrogen and oxygen atoms in total. The average molecular weight is 446 g/mol. The van der Waals surface area contributed by atoms with Crippen LogP contribution in [-0.2, 0) is 11.3 Å². The van der Waals surface area contributed by atoms with Crippen molar-refractivity contribution >= 4 is 21.9 Å². The van der Waals surface area contributed by atoms with Crippen LogP contribution in [0.2, 0.25) is 0 Å². The molecule has 144 valence electrons. The summed E-state index contributed by atoms with van der Waals surface area (Å²) < 4.78 is 27.6. The quantitative estimate of drug-likeness (QED) is 0.543. The number of nitrogens with zero attached hydrogens (tertiary/aromatic N) is 1. The Morgan fingerprint density at radius 1 is 1.11 bits per heavy atom. The zero-order valence-corrected chi connectivity index (χ0v) is 16.5. The van der Waals surface area contributed by atoms with Crippen LogP contribution in [0, 0.1) is 0 Å². The number of ether oxygens (including phenoxy) is 4. The molecule has 0 N–H and O–H groups in total. The number of hydrogen-bond donors (Lipinski definition) is 0. The highest BCUT2D eigenvalue weighted by molar-refractivity contribution is 9.10. The molecule has 0 spiro atoms. The van der Waals surface area contributed by atoms with Gasteiger partial charge in [-0.25, -0.2) is 4.79 Å². The van der Waals surface area contributed by atoms with Crippen LogP contribution in [0.1, 0.15) is 16.1 Å². The van der Waals surface area contributed by atoms with E-state index in [0.717, 1.165) is 5.56 Å². The molecule has 0 atom stereocenters. The Balaban J connectivity index is 1.45. The van der Waals surface area contributed by atoms with Gasteiger partial charge in [-0.05, 0) is 52.3 Å². The monoisotopic (exact) mass is 445 g/mol. The molecule has 0 saturated heterocycles. The first kappa shape index (κ1) is 18.4. The number of fused-ring (bicyclic) bond motifs is 1. The van der Waals surface area contributed by atoms with Gasteiger partial charge in [-0.15, -0.1) is 0 Å². The minimum Gasteiger partial charge on any atom is -0.497 e. The fraction of sp³-hybridized carbons (Fsp3) is 0.200. The maximum atomic E-state index is 12.3. The van der Waals surface area contributed by atoms with Gasteiger partial charge in [-0.2, -0.15) is 0 Å². The lowest BCUT2D eigenvalue weighted by molar-refractivity contribution is 0.0463. The maximum Gasteiger partial charge on any atom is 0.339 e. The number of carbonyl (C=O) groups excluding carboxylic acids is 1. The first-order chi connectivity index (χ1) is 13.6. The fourth-order valence-corrected chi connectivity index (χ4v) is 3.13. The third-order valence-corrected chi connectivity index (χ3v) is 4.82. The molecule has 1 aliphatic rings. The van der Waals surface area contributed by atoms with E-state index in [1.54, 1.807) is 24.3 Å². The Bertz CT molecular complexity index is 1020. The molecule has 0 amide bonds. The average Bonchev–Trinajstić information content (AvgIpc) is 3.21. The van der Waals surface area contributed by atoms with E-state index < -0.39 is 5.97 Å². The molecular formula is C20H16BrNO6. The molecule has 2 heterocycles. The van der Waals surface area contributed by atoms with E-state index in [2.05, 4.69) is 21.1 Å². The molecule has 0 fully saturated rings. The first-order valence-electron chi connectivity index (χ1n) is 8.50. The summed E-state index contributed by atoms with van der Waals surface area (Å²) in [7, 11) is 1.53. The van der Waals surface area contributed by atoms with E-state index in [-0.39, 0.29) is 6.61 Å². The van der Waals surface area contributed by atoms with Crippen molar-refractivity contribution in [3.8, 4) is 28.6 Å². The van der Waals surface area contributed by atoms with E-state index in [1.807, 2.05) is 18.2 Å². The lowest BCUT2D eigenvalue weighted by Gasteiger charge is -2.18. The van der Waals surface area contributed by atoms with Gasteiger partial charge in [0.05, 0.1) is 12.7 Å². The number of aromatic nitrogens is 1. The van der Waals surface area contributed by atoms with Gasteiger partial charge >= 0.3 is 5.97 Å². The predicted molar refractivity (Wildman–Crippen MR) is 103 cm³/mol. The van der Waals surface area contributed by atoms with Gasteiger partial charge in [-0.1, -0.05) is 5.16 Å². The minimum atomic E-state index is -0.491. The van der Waals surface area contributed by atoms with Gasteiger partial charge in [0.25, 0.3) is 0 Å². The third kappa shape index (κ3) is 3.82. The molecule has 0 aliphatic carbocycles. The molecule has 4 rings (SSSR count). The first-order valence-corrected chi connectivity index (χ1v) is 9.29. The highest BCUT2D eigenvalue weighted by Crippen LogP contribution is 2.34. The lowest BCUT2D eigenvalue weighted by Crippen LogP contribution is -2.15. The number of benzene rings is 2. The summed E-state index contributed by atoms with van der Waals surface area (Å²) >= 11 is 3.34. The molecule has 0 saturated carbocycles. The fourth-order valence-electron chi connectivity index (χ4n) is 2.72. The normalized spacial score (nSPS) is 12.5. The Morgan fingerprint density at radius 3 is 2.75 bits per heavy atom. The topological polar surface area (TPSA) is 80.0 Å². The Hall–Kier alpha value is -3.00. The second-order valence-electron chi connectivity index (χ2n) is 5.96. The number of hydrogen-bond acceptors (Lipinski definition) is 7. The largest absolute Gasteiger partial charge is 0.497 e. The van der Waals surface area contributed by atoms with Crippen LogP contribution in [0.4, 0.5) is 0 Å². The molecule has 1 aromatic heterocycles. The zero-order chi connectivity index (χ0) is 19.5. The molecule has 1 aliphatic heterocycles. The number of methoxy groups -OCH3 is 1. The van der Waals surface area contributed by atoms with Gasteiger partial charge in [0, 0.05) is 16.1 Å². The second kappa shape index (κ2) is 7.93. The molecule has 0 unspecified atom stereocenters. The highest BCUT2D eigenvalue weighted by atomic mass is 79.9. The Labute approximate surface area is 169 Å². The van der Waals surface area contributed by atoms with Crippen LogP contribution in [0.3, 0.4) is 0 Å². The third-order valence-electron chi connectivity index (χ3n) is 4.13. The summed E-state index contributed by atoms with van der Waals surface area (Å²) in [6.07, 6.45) is 0. The van der Waals surface area contributed by atoms with Crippen molar-refractivity contribution in [1.82, 2.24) is 5.16 Å². The second-order valence-corrected chi connectivity index (χ2v) is 6.82. The molecular weight excluding hydrogens is 430 g/mol. The zero-order valence-electron chi connectivity index (χ0n) is 14.9. The number of esters is 1. The van der Waals surface area contributed by atoms with Crippen LogP contribution in [0.5, 0.6) is 17.2 Å². The van der Waals surface area contributed by atoms with Crippen molar-refractivity contribution in [1.29, 1.82) is 0 Å². The minimum absolute atomic E-state index is 0.0173. The Kier molecular flexibility index (Phi) is 5.21. The van der Waals surface area contributed by atoms with E-state index in [9.17, 15) is 4.79 Å². The SMILES string of the molecule is COc1ccc(Br)c(C(=O)OCc2cc(-c3ccc4c(c3)OCCO4)on2)c1. The molecule has 0 bridgehead atoms. The van der Waals surface area contributed by atoms with Crippen molar-refractivity contribution in [2.45, 2.75) is 6.61 Å². The lowest BCUT2D eigenvalue weighted by atomic mass is 10.1. The van der Waals surface area contributed by atoms with Crippen LogP contribution in [0.15, 0.2) is 51.5 Å². The summed E-state index contributed by atoms with van der Waals surface area (Å²) in [6, 6.07) is 12.3. The molecule has 3 aromatic rings. The van der Waals surface area contributed by atoms with Crippen molar-refractivity contribution in [2.75, 3.05) is 20.3 Å². The van der Waals surface area contributed by atoms with Crippen molar-refractivity contribution in [3.05, 3.63) is 58.2 Å². The maximum absolute atomic E-state index is 12.3. The summed E-state index contributed by atoms with van der Waals surface area (Å²) in [5, 5.41) is 3.97.